The minimum absolute atomic E-state index is 0.0518. The lowest BCUT2D eigenvalue weighted by atomic mass is 10.3. The topological polar surface area (TPSA) is 38.3 Å². The molecule has 1 aromatic rings. The van der Waals surface area contributed by atoms with Crippen molar-refractivity contribution in [3.8, 4) is 0 Å². The Balaban J connectivity index is 2.18. The van der Waals surface area contributed by atoms with Gasteiger partial charge in [0.05, 0.1) is 0 Å². The van der Waals surface area contributed by atoms with E-state index >= 15 is 0 Å². The van der Waals surface area contributed by atoms with E-state index in [0.717, 1.165) is 6.42 Å². The van der Waals surface area contributed by atoms with Crippen LogP contribution >= 0.6 is 11.3 Å². The lowest BCUT2D eigenvalue weighted by molar-refractivity contribution is -0.129. The molecule has 3 nitrogen and oxygen atoms in total. The number of nitrogens with one attached hydrogen (secondary N) is 1. The minimum atomic E-state index is -0.363. The van der Waals surface area contributed by atoms with Crippen LogP contribution in [0.2, 0.25) is 0 Å². The van der Waals surface area contributed by atoms with Gasteiger partial charge in [-0.05, 0) is 24.8 Å². The first-order chi connectivity index (χ1) is 6.74. The van der Waals surface area contributed by atoms with E-state index in [1.807, 2.05) is 11.4 Å². The zero-order valence-corrected chi connectivity index (χ0v) is 9.26. The molecule has 0 aromatic carbocycles. The highest BCUT2D eigenvalue weighted by Crippen LogP contribution is 2.08. The fourth-order valence-corrected chi connectivity index (χ4v) is 1.72. The molecule has 1 unspecified atom stereocenters. The van der Waals surface area contributed by atoms with Crippen molar-refractivity contribution in [3.63, 3.8) is 0 Å². The van der Waals surface area contributed by atoms with Gasteiger partial charge >= 0.3 is 0 Å². The van der Waals surface area contributed by atoms with Gasteiger partial charge in [-0.1, -0.05) is 6.07 Å². The van der Waals surface area contributed by atoms with Gasteiger partial charge in [0.2, 0.25) is 5.91 Å². The van der Waals surface area contributed by atoms with Crippen LogP contribution in [-0.4, -0.2) is 25.7 Å². The highest BCUT2D eigenvalue weighted by molar-refractivity contribution is 7.09. The summed E-state index contributed by atoms with van der Waals surface area (Å²) >= 11 is 1.71. The Morgan fingerprint density at radius 2 is 2.50 bits per heavy atom. The van der Waals surface area contributed by atoms with Crippen LogP contribution < -0.4 is 5.32 Å². The molecule has 1 amide bonds. The van der Waals surface area contributed by atoms with Crippen molar-refractivity contribution in [1.29, 1.82) is 0 Å². The number of carbonyl (C=O) groups excluding carboxylic acids is 1. The summed E-state index contributed by atoms with van der Waals surface area (Å²) < 4.78 is 4.89. The summed E-state index contributed by atoms with van der Waals surface area (Å²) in [6, 6.07) is 4.08. The third-order valence-electron chi connectivity index (χ3n) is 1.97. The van der Waals surface area contributed by atoms with Crippen molar-refractivity contribution < 1.29 is 9.53 Å². The zero-order chi connectivity index (χ0) is 10.4. The lowest BCUT2D eigenvalue weighted by Gasteiger charge is -2.09. The van der Waals surface area contributed by atoms with Crippen LogP contribution in [0.4, 0.5) is 0 Å². The summed E-state index contributed by atoms with van der Waals surface area (Å²) in [5.41, 5.74) is 0. The van der Waals surface area contributed by atoms with Gasteiger partial charge in [-0.3, -0.25) is 4.79 Å². The Hall–Kier alpha value is -0.870. The Morgan fingerprint density at radius 3 is 3.07 bits per heavy atom. The maximum absolute atomic E-state index is 11.3. The van der Waals surface area contributed by atoms with E-state index in [9.17, 15) is 4.79 Å². The van der Waals surface area contributed by atoms with E-state index in [4.69, 9.17) is 4.74 Å². The van der Waals surface area contributed by atoms with Crippen molar-refractivity contribution in [1.82, 2.24) is 5.32 Å². The molecule has 0 saturated heterocycles. The molecule has 1 atom stereocenters. The van der Waals surface area contributed by atoms with Gasteiger partial charge in [0, 0.05) is 18.5 Å². The van der Waals surface area contributed by atoms with Crippen LogP contribution in [0, 0.1) is 0 Å². The molecule has 14 heavy (non-hydrogen) atoms. The Labute approximate surface area is 88.1 Å². The van der Waals surface area contributed by atoms with Gasteiger partial charge < -0.3 is 10.1 Å². The molecule has 0 saturated carbocycles. The van der Waals surface area contributed by atoms with Crippen molar-refractivity contribution >= 4 is 17.2 Å². The standard InChI is InChI=1S/C10H15NO2S/c1-8(13-2)10(12)11-6-5-9-4-3-7-14-9/h3-4,7-8H,5-6H2,1-2H3,(H,11,12). The number of carbonyl (C=O) groups is 1. The normalized spacial score (nSPS) is 12.4. The van der Waals surface area contributed by atoms with E-state index < -0.39 is 0 Å². The molecule has 1 N–H and O–H groups in total. The molecular weight excluding hydrogens is 198 g/mol. The number of hydrogen-bond donors (Lipinski definition) is 1. The lowest BCUT2D eigenvalue weighted by Crippen LogP contribution is -2.34. The molecule has 78 valence electrons. The summed E-state index contributed by atoms with van der Waals surface area (Å²) in [6.07, 6.45) is 0.526. The Bertz CT molecular complexity index is 272. The maximum atomic E-state index is 11.3. The minimum Gasteiger partial charge on any atom is -0.372 e. The molecule has 0 bridgehead atoms. The molecular formula is C10H15NO2S. The number of methoxy groups -OCH3 is 1. The van der Waals surface area contributed by atoms with Crippen LogP contribution in [0.1, 0.15) is 11.8 Å². The number of thiophene rings is 1. The van der Waals surface area contributed by atoms with E-state index in [1.165, 1.54) is 12.0 Å². The fraction of sp³-hybridized carbons (Fsp3) is 0.500. The summed E-state index contributed by atoms with van der Waals surface area (Å²) in [7, 11) is 1.53. The predicted octanol–water partition coefficient (Wildman–Crippen LogP) is 1.44. The third-order valence-corrected chi connectivity index (χ3v) is 2.91. The second-order valence-electron chi connectivity index (χ2n) is 3.00. The van der Waals surface area contributed by atoms with E-state index in [0.29, 0.717) is 6.54 Å². The summed E-state index contributed by atoms with van der Waals surface area (Å²) in [6.45, 7) is 2.41. The van der Waals surface area contributed by atoms with Crippen LogP contribution in [0.25, 0.3) is 0 Å². The first-order valence-corrected chi connectivity index (χ1v) is 5.45. The second-order valence-corrected chi connectivity index (χ2v) is 4.03. The van der Waals surface area contributed by atoms with Crippen molar-refractivity contribution in [2.45, 2.75) is 19.4 Å². The quantitative estimate of drug-likeness (QED) is 0.803. The number of amides is 1. The van der Waals surface area contributed by atoms with Gasteiger partial charge in [-0.25, -0.2) is 0 Å². The number of hydrogen-bond acceptors (Lipinski definition) is 3. The molecule has 0 radical (unpaired) electrons. The molecule has 0 aliphatic rings. The first-order valence-electron chi connectivity index (χ1n) is 4.57. The number of ether oxygens (including phenoxy) is 1. The average molecular weight is 213 g/mol. The molecule has 0 fully saturated rings. The van der Waals surface area contributed by atoms with Gasteiger partial charge in [0.15, 0.2) is 0 Å². The second kappa shape index (κ2) is 5.78. The molecule has 0 aliphatic heterocycles. The summed E-state index contributed by atoms with van der Waals surface area (Å²) in [5.74, 6) is -0.0518. The van der Waals surface area contributed by atoms with Gasteiger partial charge in [0.1, 0.15) is 6.10 Å². The van der Waals surface area contributed by atoms with Crippen LogP contribution in [0.5, 0.6) is 0 Å². The zero-order valence-electron chi connectivity index (χ0n) is 8.45. The predicted molar refractivity (Wildman–Crippen MR) is 57.5 cm³/mol. The smallest absolute Gasteiger partial charge is 0.248 e. The number of rotatable bonds is 5. The van der Waals surface area contributed by atoms with Crippen LogP contribution in [0.15, 0.2) is 17.5 Å². The third kappa shape index (κ3) is 3.47. The molecule has 4 heteroatoms. The highest BCUT2D eigenvalue weighted by Gasteiger charge is 2.09. The fourth-order valence-electron chi connectivity index (χ4n) is 1.01. The highest BCUT2D eigenvalue weighted by atomic mass is 32.1. The van der Waals surface area contributed by atoms with Crippen LogP contribution in [-0.2, 0) is 16.0 Å². The molecule has 0 spiro atoms. The van der Waals surface area contributed by atoms with Crippen LogP contribution in [0.3, 0.4) is 0 Å². The first kappa shape index (κ1) is 11.2. The monoisotopic (exact) mass is 213 g/mol. The van der Waals surface area contributed by atoms with Gasteiger partial charge in [0.25, 0.3) is 0 Å². The Kier molecular flexibility index (Phi) is 4.62. The van der Waals surface area contributed by atoms with Crippen molar-refractivity contribution in [3.05, 3.63) is 22.4 Å². The molecule has 0 aliphatic carbocycles. The van der Waals surface area contributed by atoms with E-state index in [2.05, 4.69) is 11.4 Å². The van der Waals surface area contributed by atoms with E-state index in [1.54, 1.807) is 18.3 Å². The molecule has 1 heterocycles. The van der Waals surface area contributed by atoms with Gasteiger partial charge in [-0.2, -0.15) is 0 Å². The van der Waals surface area contributed by atoms with E-state index in [-0.39, 0.29) is 12.0 Å². The van der Waals surface area contributed by atoms with Gasteiger partial charge in [-0.15, -0.1) is 11.3 Å². The SMILES string of the molecule is COC(C)C(=O)NCCc1cccs1. The summed E-state index contributed by atoms with van der Waals surface area (Å²) in [5, 5.41) is 4.85. The van der Waals surface area contributed by atoms with Crippen molar-refractivity contribution in [2.24, 2.45) is 0 Å². The molecule has 1 aromatic heterocycles. The van der Waals surface area contributed by atoms with Crippen molar-refractivity contribution in [2.75, 3.05) is 13.7 Å². The largest absolute Gasteiger partial charge is 0.372 e. The average Bonchev–Trinajstić information content (AvgIpc) is 2.69. The maximum Gasteiger partial charge on any atom is 0.248 e. The summed E-state index contributed by atoms with van der Waals surface area (Å²) in [4.78, 5) is 12.6. The molecule has 1 rings (SSSR count). The Morgan fingerprint density at radius 1 is 1.71 bits per heavy atom.